The highest BCUT2D eigenvalue weighted by Gasteiger charge is 2.12. The van der Waals surface area contributed by atoms with Crippen LogP contribution in [0.5, 0.6) is 5.75 Å². The number of anilines is 1. The summed E-state index contributed by atoms with van der Waals surface area (Å²) in [6.07, 6.45) is 1.71. The highest BCUT2D eigenvalue weighted by atomic mass is 16.5. The molecule has 0 aliphatic rings. The molecule has 2 aromatic heterocycles. The number of nitrogens with zero attached hydrogens (tertiary/aromatic N) is 3. The van der Waals surface area contributed by atoms with Crippen LogP contribution in [0.15, 0.2) is 77.7 Å². The second-order valence-corrected chi connectivity index (χ2v) is 6.75. The Bertz CT molecular complexity index is 1250. The number of nitrogens with one attached hydrogen (secondary N) is 1. The third-order valence-electron chi connectivity index (χ3n) is 4.58. The first kappa shape index (κ1) is 19.3. The van der Waals surface area contributed by atoms with Crippen LogP contribution in [0.2, 0.25) is 0 Å². The first-order chi connectivity index (χ1) is 14.6. The van der Waals surface area contributed by atoms with Crippen molar-refractivity contribution in [2.45, 2.75) is 20.1 Å². The van der Waals surface area contributed by atoms with Gasteiger partial charge in [0.2, 0.25) is 5.91 Å². The van der Waals surface area contributed by atoms with Gasteiger partial charge in [-0.25, -0.2) is 4.98 Å². The molecule has 0 atom stereocenters. The van der Waals surface area contributed by atoms with E-state index in [1.54, 1.807) is 55.6 Å². The van der Waals surface area contributed by atoms with E-state index in [-0.39, 0.29) is 18.0 Å². The molecule has 2 aromatic carbocycles. The van der Waals surface area contributed by atoms with Crippen LogP contribution < -0.4 is 15.6 Å². The molecule has 0 bridgehead atoms. The van der Waals surface area contributed by atoms with E-state index in [1.807, 2.05) is 24.3 Å². The molecule has 0 radical (unpaired) electrons. The average molecular weight is 400 g/mol. The molecule has 0 fully saturated rings. The maximum Gasteiger partial charge on any atom is 0.261 e. The summed E-state index contributed by atoms with van der Waals surface area (Å²) in [5.41, 5.74) is 1.78. The van der Waals surface area contributed by atoms with Gasteiger partial charge in [0.15, 0.2) is 0 Å². The Balaban J connectivity index is 1.46. The topological polar surface area (TPSA) is 86.1 Å². The molecule has 4 aromatic rings. The Morgan fingerprint density at radius 1 is 1.07 bits per heavy atom. The minimum Gasteiger partial charge on any atom is -0.487 e. The average Bonchev–Trinajstić information content (AvgIpc) is 2.76. The lowest BCUT2D eigenvalue weighted by Crippen LogP contribution is -2.30. The van der Waals surface area contributed by atoms with E-state index in [2.05, 4.69) is 15.3 Å². The molecule has 4 rings (SSSR count). The van der Waals surface area contributed by atoms with E-state index in [1.165, 1.54) is 4.57 Å². The summed E-state index contributed by atoms with van der Waals surface area (Å²) in [7, 11) is 0. The van der Waals surface area contributed by atoms with Crippen LogP contribution in [-0.4, -0.2) is 20.4 Å². The van der Waals surface area contributed by atoms with Gasteiger partial charge in [-0.05, 0) is 43.3 Å². The van der Waals surface area contributed by atoms with Crippen LogP contribution in [0.4, 0.5) is 5.69 Å². The first-order valence-electron chi connectivity index (χ1n) is 9.49. The number of hydrogen-bond donors (Lipinski definition) is 1. The van der Waals surface area contributed by atoms with E-state index in [9.17, 15) is 9.59 Å². The molecule has 0 aliphatic heterocycles. The fraction of sp³-hybridized carbons (Fsp3) is 0.130. The lowest BCUT2D eigenvalue weighted by Gasteiger charge is -2.12. The van der Waals surface area contributed by atoms with Gasteiger partial charge in [0.25, 0.3) is 5.56 Å². The predicted molar refractivity (Wildman–Crippen MR) is 114 cm³/mol. The summed E-state index contributed by atoms with van der Waals surface area (Å²) >= 11 is 0. The van der Waals surface area contributed by atoms with Crippen molar-refractivity contribution in [3.63, 3.8) is 0 Å². The van der Waals surface area contributed by atoms with Gasteiger partial charge < -0.3 is 10.1 Å². The number of amides is 1. The van der Waals surface area contributed by atoms with E-state index < -0.39 is 0 Å². The molecule has 30 heavy (non-hydrogen) atoms. The number of benzene rings is 2. The maximum absolute atomic E-state index is 12.7. The Morgan fingerprint density at radius 2 is 1.90 bits per heavy atom. The summed E-state index contributed by atoms with van der Waals surface area (Å²) in [5, 5.41) is 3.30. The number of aryl methyl sites for hydroxylation is 1. The van der Waals surface area contributed by atoms with Gasteiger partial charge in [-0.2, -0.15) is 0 Å². The Labute approximate surface area is 173 Å². The van der Waals surface area contributed by atoms with Crippen molar-refractivity contribution in [1.29, 1.82) is 0 Å². The number of hydrogen-bond acceptors (Lipinski definition) is 5. The second-order valence-electron chi connectivity index (χ2n) is 6.75. The lowest BCUT2D eigenvalue weighted by molar-refractivity contribution is -0.116. The second kappa shape index (κ2) is 8.57. The van der Waals surface area contributed by atoms with Crippen molar-refractivity contribution in [1.82, 2.24) is 14.5 Å². The van der Waals surface area contributed by atoms with E-state index in [0.29, 0.717) is 34.8 Å². The highest BCUT2D eigenvalue weighted by Crippen LogP contribution is 2.18. The summed E-state index contributed by atoms with van der Waals surface area (Å²) in [5.74, 6) is 0.777. The van der Waals surface area contributed by atoms with Crippen LogP contribution >= 0.6 is 0 Å². The molecule has 0 saturated heterocycles. The van der Waals surface area contributed by atoms with Gasteiger partial charge in [-0.1, -0.05) is 24.3 Å². The third kappa shape index (κ3) is 4.35. The molecule has 0 unspecified atom stereocenters. The van der Waals surface area contributed by atoms with Gasteiger partial charge in [0.1, 0.15) is 24.7 Å². The predicted octanol–water partition coefficient (Wildman–Crippen LogP) is 3.32. The van der Waals surface area contributed by atoms with Gasteiger partial charge in [0, 0.05) is 18.0 Å². The lowest BCUT2D eigenvalue weighted by atomic mass is 10.2. The van der Waals surface area contributed by atoms with Crippen molar-refractivity contribution in [3.8, 4) is 5.75 Å². The fourth-order valence-electron chi connectivity index (χ4n) is 3.11. The van der Waals surface area contributed by atoms with Crippen molar-refractivity contribution in [2.75, 3.05) is 5.32 Å². The van der Waals surface area contributed by atoms with Gasteiger partial charge in [-0.15, -0.1) is 0 Å². The number of aromatic nitrogens is 3. The molecule has 1 N–H and O–H groups in total. The van der Waals surface area contributed by atoms with Crippen LogP contribution in [0.3, 0.4) is 0 Å². The molecule has 150 valence electrons. The molecule has 0 saturated carbocycles. The summed E-state index contributed by atoms with van der Waals surface area (Å²) < 4.78 is 7.11. The summed E-state index contributed by atoms with van der Waals surface area (Å²) in [6, 6.07) is 19.8. The number of rotatable bonds is 6. The number of fused-ring (bicyclic) bond motifs is 1. The Kier molecular flexibility index (Phi) is 5.52. The highest BCUT2D eigenvalue weighted by molar-refractivity contribution is 5.91. The minimum absolute atomic E-state index is 0.123. The minimum atomic E-state index is -0.320. The summed E-state index contributed by atoms with van der Waals surface area (Å²) in [6.45, 7) is 1.92. The first-order valence-corrected chi connectivity index (χ1v) is 9.49. The van der Waals surface area contributed by atoms with E-state index >= 15 is 0 Å². The van der Waals surface area contributed by atoms with Crippen LogP contribution in [0.25, 0.3) is 10.9 Å². The number of carbonyl (C=O) groups excluding carboxylic acids is 1. The quantitative estimate of drug-likeness (QED) is 0.537. The zero-order valence-corrected chi connectivity index (χ0v) is 16.4. The smallest absolute Gasteiger partial charge is 0.261 e. The van der Waals surface area contributed by atoms with Crippen molar-refractivity contribution in [2.24, 2.45) is 0 Å². The Morgan fingerprint density at radius 3 is 2.73 bits per heavy atom. The normalized spacial score (nSPS) is 10.7. The van der Waals surface area contributed by atoms with Crippen LogP contribution in [-0.2, 0) is 17.9 Å². The number of para-hydroxylation sites is 1. The molecular formula is C23H20N4O3. The van der Waals surface area contributed by atoms with Gasteiger partial charge >= 0.3 is 0 Å². The summed E-state index contributed by atoms with van der Waals surface area (Å²) in [4.78, 5) is 33.9. The standard InChI is InChI=1S/C23H20N4O3/c1-16-25-21-11-3-2-10-20(21)23(29)27(16)14-22(28)26-17-8-6-9-19(13-17)30-15-18-7-4-5-12-24-18/h2-13H,14-15H2,1H3,(H,26,28). The molecular weight excluding hydrogens is 380 g/mol. The number of ether oxygens (including phenoxy) is 1. The van der Waals surface area contributed by atoms with E-state index in [4.69, 9.17) is 4.74 Å². The van der Waals surface area contributed by atoms with E-state index in [0.717, 1.165) is 5.69 Å². The Hall–Kier alpha value is -4.00. The zero-order chi connectivity index (χ0) is 20.9. The van der Waals surface area contributed by atoms with Crippen molar-refractivity contribution >= 4 is 22.5 Å². The molecule has 7 heteroatoms. The number of carbonyl (C=O) groups is 1. The fourth-order valence-corrected chi connectivity index (χ4v) is 3.11. The zero-order valence-electron chi connectivity index (χ0n) is 16.4. The van der Waals surface area contributed by atoms with Crippen LogP contribution in [0.1, 0.15) is 11.5 Å². The number of pyridine rings is 1. The maximum atomic E-state index is 12.7. The molecule has 2 heterocycles. The van der Waals surface area contributed by atoms with Crippen molar-refractivity contribution < 1.29 is 9.53 Å². The largest absolute Gasteiger partial charge is 0.487 e. The van der Waals surface area contributed by atoms with Gasteiger partial charge in [0.05, 0.1) is 16.6 Å². The van der Waals surface area contributed by atoms with Crippen molar-refractivity contribution in [3.05, 3.63) is 94.8 Å². The SMILES string of the molecule is Cc1nc2ccccc2c(=O)n1CC(=O)Nc1cccc(OCc2ccccn2)c1. The molecule has 0 aliphatic carbocycles. The third-order valence-corrected chi connectivity index (χ3v) is 4.58. The molecule has 7 nitrogen and oxygen atoms in total. The van der Waals surface area contributed by atoms with Gasteiger partial charge in [-0.3, -0.25) is 19.1 Å². The monoisotopic (exact) mass is 400 g/mol. The molecule has 1 amide bonds. The van der Waals surface area contributed by atoms with Crippen LogP contribution in [0, 0.1) is 6.92 Å². The molecule has 0 spiro atoms.